The van der Waals surface area contributed by atoms with Gasteiger partial charge in [0, 0.05) is 25.8 Å². The van der Waals surface area contributed by atoms with Gasteiger partial charge in [-0.2, -0.15) is 4.31 Å². The van der Waals surface area contributed by atoms with Crippen LogP contribution in [0, 0.1) is 0 Å². The molecule has 1 saturated heterocycles. The molecule has 1 aromatic rings. The van der Waals surface area contributed by atoms with E-state index in [4.69, 9.17) is 14.6 Å². The molecule has 1 fully saturated rings. The van der Waals surface area contributed by atoms with Crippen molar-refractivity contribution in [3.63, 3.8) is 0 Å². The molecule has 0 saturated carbocycles. The number of alkyl halides is 1. The summed E-state index contributed by atoms with van der Waals surface area (Å²) in [7, 11) is -1.24. The number of sulfonamides is 1. The molecule has 0 radical (unpaired) electrons. The third-order valence-electron chi connectivity index (χ3n) is 3.70. The molecular weight excluding hydrogens is 329 g/mol. The van der Waals surface area contributed by atoms with Crippen molar-refractivity contribution in [3.8, 4) is 5.75 Å². The first-order valence-corrected chi connectivity index (χ1v) is 8.29. The molecule has 1 heterocycles. The molecule has 0 spiro atoms. The summed E-state index contributed by atoms with van der Waals surface area (Å²) >= 11 is 0. The summed E-state index contributed by atoms with van der Waals surface area (Å²) in [6.07, 6.45) is -2.58. The molecule has 9 heteroatoms. The molecule has 0 aromatic heterocycles. The molecule has 1 aliphatic rings. The zero-order valence-electron chi connectivity index (χ0n) is 12.7. The van der Waals surface area contributed by atoms with Crippen LogP contribution < -0.4 is 4.74 Å². The van der Waals surface area contributed by atoms with Crippen LogP contribution in [0.1, 0.15) is 5.56 Å². The molecule has 23 heavy (non-hydrogen) atoms. The maximum absolute atomic E-state index is 13.7. The second-order valence-electron chi connectivity index (χ2n) is 5.16. The zero-order valence-corrected chi connectivity index (χ0v) is 13.5. The smallest absolute Gasteiger partial charge is 0.307 e. The molecule has 0 bridgehead atoms. The molecule has 1 N–H and O–H groups in total. The van der Waals surface area contributed by atoms with Crippen LogP contribution in [0.2, 0.25) is 0 Å². The molecular formula is C14H18FNO6S. The van der Waals surface area contributed by atoms with Gasteiger partial charge in [-0.1, -0.05) is 0 Å². The zero-order chi connectivity index (χ0) is 17.2. The fourth-order valence-corrected chi connectivity index (χ4v) is 4.00. The van der Waals surface area contributed by atoms with Crippen molar-refractivity contribution in [1.82, 2.24) is 4.31 Å². The van der Waals surface area contributed by atoms with E-state index in [0.717, 1.165) is 4.31 Å². The molecule has 2 rings (SSSR count). The number of carboxylic acids is 1. The number of benzene rings is 1. The molecule has 128 valence electrons. The Hall–Kier alpha value is -1.71. The lowest BCUT2D eigenvalue weighted by molar-refractivity contribution is -0.136. The summed E-state index contributed by atoms with van der Waals surface area (Å²) in [5.74, 6) is -0.826. The second-order valence-corrected chi connectivity index (χ2v) is 7.09. The third-order valence-corrected chi connectivity index (χ3v) is 5.53. The lowest BCUT2D eigenvalue weighted by atomic mass is 10.1. The Labute approximate surface area is 133 Å². The van der Waals surface area contributed by atoms with Gasteiger partial charge in [0.2, 0.25) is 10.0 Å². The van der Waals surface area contributed by atoms with E-state index in [-0.39, 0.29) is 35.7 Å². The lowest BCUT2D eigenvalue weighted by Gasteiger charge is -2.17. The Balaban J connectivity index is 2.35. The van der Waals surface area contributed by atoms with Crippen molar-refractivity contribution >= 4 is 16.0 Å². The van der Waals surface area contributed by atoms with E-state index in [0.29, 0.717) is 0 Å². The minimum absolute atomic E-state index is 0.0830. The van der Waals surface area contributed by atoms with E-state index in [2.05, 4.69) is 0 Å². The van der Waals surface area contributed by atoms with Crippen molar-refractivity contribution < 1.29 is 32.2 Å². The predicted octanol–water partition coefficient (Wildman–Crippen LogP) is 0.680. The fraction of sp³-hybridized carbons (Fsp3) is 0.500. The van der Waals surface area contributed by atoms with Crippen LogP contribution in [0.3, 0.4) is 0 Å². The Morgan fingerprint density at radius 2 is 2.09 bits per heavy atom. The van der Waals surface area contributed by atoms with Crippen molar-refractivity contribution in [2.24, 2.45) is 0 Å². The van der Waals surface area contributed by atoms with Gasteiger partial charge in [-0.25, -0.2) is 12.8 Å². The number of ether oxygens (including phenoxy) is 2. The van der Waals surface area contributed by atoms with E-state index in [1.165, 1.54) is 32.4 Å². The summed E-state index contributed by atoms with van der Waals surface area (Å²) in [4.78, 5) is 10.8. The van der Waals surface area contributed by atoms with Gasteiger partial charge < -0.3 is 14.6 Å². The van der Waals surface area contributed by atoms with Crippen molar-refractivity contribution in [1.29, 1.82) is 0 Å². The van der Waals surface area contributed by atoms with Gasteiger partial charge in [0.1, 0.15) is 18.0 Å². The molecule has 0 aliphatic carbocycles. The Morgan fingerprint density at radius 1 is 1.39 bits per heavy atom. The highest BCUT2D eigenvalue weighted by atomic mass is 32.2. The topological polar surface area (TPSA) is 93.1 Å². The standard InChI is InChI=1S/C14H18FNO6S/c1-21-12-4-3-10(5-9(12)6-14(17)18)23(19,20)16-7-11(15)13(8-16)22-2/h3-5,11,13H,6-8H2,1-2H3,(H,17,18)/t11-,13-/m1/s1. The number of methoxy groups -OCH3 is 2. The van der Waals surface area contributed by atoms with Crippen LogP contribution in [0.25, 0.3) is 0 Å². The first-order valence-electron chi connectivity index (χ1n) is 6.85. The van der Waals surface area contributed by atoms with Gasteiger partial charge in [-0.05, 0) is 18.2 Å². The Morgan fingerprint density at radius 3 is 2.61 bits per heavy atom. The highest BCUT2D eigenvalue weighted by Gasteiger charge is 2.40. The van der Waals surface area contributed by atoms with Crippen LogP contribution in [0.4, 0.5) is 4.39 Å². The molecule has 0 amide bonds. The largest absolute Gasteiger partial charge is 0.496 e. The molecule has 1 aromatic carbocycles. The van der Waals surface area contributed by atoms with Gasteiger partial charge in [-0.15, -0.1) is 0 Å². The van der Waals surface area contributed by atoms with Crippen LogP contribution in [-0.2, 0) is 26.0 Å². The van der Waals surface area contributed by atoms with Crippen molar-refractivity contribution in [3.05, 3.63) is 23.8 Å². The number of hydrogen-bond donors (Lipinski definition) is 1. The van der Waals surface area contributed by atoms with E-state index in [9.17, 15) is 17.6 Å². The Bertz CT molecular complexity index is 693. The first-order chi connectivity index (χ1) is 10.8. The highest BCUT2D eigenvalue weighted by molar-refractivity contribution is 7.89. The monoisotopic (exact) mass is 347 g/mol. The van der Waals surface area contributed by atoms with Gasteiger partial charge in [0.05, 0.1) is 18.4 Å². The first kappa shape index (κ1) is 17.6. The summed E-state index contributed by atoms with van der Waals surface area (Å²) in [5, 5.41) is 8.91. The minimum atomic E-state index is -3.93. The van der Waals surface area contributed by atoms with Gasteiger partial charge in [0.15, 0.2) is 0 Å². The molecule has 0 unspecified atom stereocenters. The molecule has 2 atom stereocenters. The van der Waals surface area contributed by atoms with E-state index in [1.54, 1.807) is 0 Å². The van der Waals surface area contributed by atoms with Crippen LogP contribution in [-0.4, -0.2) is 63.4 Å². The minimum Gasteiger partial charge on any atom is -0.496 e. The summed E-state index contributed by atoms with van der Waals surface area (Å²) < 4.78 is 49.9. The summed E-state index contributed by atoms with van der Waals surface area (Å²) in [6.45, 7) is -0.374. The average molecular weight is 347 g/mol. The number of rotatable bonds is 6. The summed E-state index contributed by atoms with van der Waals surface area (Å²) in [6, 6.07) is 3.95. The number of carboxylic acid groups (broad SMARTS) is 1. The number of nitrogens with zero attached hydrogens (tertiary/aromatic N) is 1. The summed E-state index contributed by atoms with van der Waals surface area (Å²) in [5.41, 5.74) is 0.236. The van der Waals surface area contributed by atoms with Gasteiger partial charge >= 0.3 is 5.97 Å². The Kier molecular flexibility index (Phi) is 5.23. The maximum Gasteiger partial charge on any atom is 0.307 e. The van der Waals surface area contributed by atoms with E-state index >= 15 is 0 Å². The number of carbonyl (C=O) groups is 1. The number of hydrogen-bond acceptors (Lipinski definition) is 5. The fourth-order valence-electron chi connectivity index (χ4n) is 2.49. The van der Waals surface area contributed by atoms with Gasteiger partial charge in [-0.3, -0.25) is 4.79 Å². The quantitative estimate of drug-likeness (QED) is 0.813. The van der Waals surface area contributed by atoms with E-state index < -0.39 is 28.3 Å². The predicted molar refractivity (Wildman–Crippen MR) is 78.8 cm³/mol. The normalized spacial score (nSPS) is 22.2. The number of aliphatic carboxylic acids is 1. The van der Waals surface area contributed by atoms with Crippen molar-refractivity contribution in [2.45, 2.75) is 23.6 Å². The third kappa shape index (κ3) is 3.62. The highest BCUT2D eigenvalue weighted by Crippen LogP contribution is 2.28. The van der Waals surface area contributed by atoms with E-state index in [1.807, 2.05) is 0 Å². The molecule has 1 aliphatic heterocycles. The maximum atomic E-state index is 13.7. The SMILES string of the molecule is COc1ccc(S(=O)(=O)N2C[C@@H](F)[C@H](OC)C2)cc1CC(=O)O. The number of halogens is 1. The second kappa shape index (κ2) is 6.81. The lowest BCUT2D eigenvalue weighted by Crippen LogP contribution is -2.30. The van der Waals surface area contributed by atoms with Crippen LogP contribution >= 0.6 is 0 Å². The average Bonchev–Trinajstić information content (AvgIpc) is 2.88. The molecule has 7 nitrogen and oxygen atoms in total. The van der Waals surface area contributed by atoms with Gasteiger partial charge in [0.25, 0.3) is 0 Å². The van der Waals surface area contributed by atoms with Crippen LogP contribution in [0.5, 0.6) is 5.75 Å². The van der Waals surface area contributed by atoms with Crippen molar-refractivity contribution in [2.75, 3.05) is 27.3 Å². The van der Waals surface area contributed by atoms with Crippen LogP contribution in [0.15, 0.2) is 23.1 Å².